The lowest BCUT2D eigenvalue weighted by molar-refractivity contribution is 0.205. The molecule has 0 aromatic heterocycles. The van der Waals surface area contributed by atoms with E-state index in [4.69, 9.17) is 0 Å². The van der Waals surface area contributed by atoms with Crippen LogP contribution in [0.15, 0.2) is 36.6 Å². The Labute approximate surface area is 106 Å². The van der Waals surface area contributed by atoms with Gasteiger partial charge in [0.2, 0.25) is 0 Å². The fraction of sp³-hybridized carbons (Fsp3) is 0.538. The van der Waals surface area contributed by atoms with Crippen LogP contribution in [-0.2, 0) is 0 Å². The number of halogens is 1. The molecule has 1 aliphatic heterocycles. The molecule has 0 radical (unpaired) electrons. The highest BCUT2D eigenvalue weighted by atomic mass is 127. The topological polar surface area (TPSA) is 3.24 Å². The predicted molar refractivity (Wildman–Crippen MR) is 74.1 cm³/mol. The van der Waals surface area contributed by atoms with Gasteiger partial charge in [0.05, 0.1) is 6.04 Å². The van der Waals surface area contributed by atoms with E-state index in [1.54, 1.807) is 0 Å². The first-order valence-corrected chi connectivity index (χ1v) is 7.13. The third-order valence-corrected chi connectivity index (χ3v) is 3.94. The SMILES string of the molecule is C=C1C=CC2C(C)CC=CC2N1CCI. The van der Waals surface area contributed by atoms with Crippen molar-refractivity contribution >= 4 is 22.6 Å². The Kier molecular flexibility index (Phi) is 3.54. The number of nitrogens with zero attached hydrogens (tertiary/aromatic N) is 1. The van der Waals surface area contributed by atoms with E-state index in [2.05, 4.69) is 65.3 Å². The molecule has 0 bridgehead atoms. The zero-order valence-electron chi connectivity index (χ0n) is 9.20. The Hall–Kier alpha value is -0.250. The summed E-state index contributed by atoms with van der Waals surface area (Å²) < 4.78 is 1.16. The average molecular weight is 315 g/mol. The Morgan fingerprint density at radius 3 is 3.07 bits per heavy atom. The lowest BCUT2D eigenvalue weighted by atomic mass is 9.78. The summed E-state index contributed by atoms with van der Waals surface area (Å²) in [5.74, 6) is 1.45. The Morgan fingerprint density at radius 1 is 1.53 bits per heavy atom. The second-order valence-corrected chi connectivity index (χ2v) is 5.52. The molecule has 0 saturated carbocycles. The van der Waals surface area contributed by atoms with E-state index in [9.17, 15) is 0 Å². The van der Waals surface area contributed by atoms with E-state index < -0.39 is 0 Å². The van der Waals surface area contributed by atoms with Crippen molar-refractivity contribution < 1.29 is 0 Å². The maximum absolute atomic E-state index is 4.13. The van der Waals surface area contributed by atoms with Gasteiger partial charge < -0.3 is 4.90 Å². The van der Waals surface area contributed by atoms with Gasteiger partial charge in [-0.05, 0) is 18.4 Å². The second-order valence-electron chi connectivity index (χ2n) is 4.44. The zero-order chi connectivity index (χ0) is 10.8. The van der Waals surface area contributed by atoms with Gasteiger partial charge in [-0.1, -0.05) is 54.3 Å². The minimum atomic E-state index is 0.556. The van der Waals surface area contributed by atoms with Gasteiger partial charge in [0.25, 0.3) is 0 Å². The summed E-state index contributed by atoms with van der Waals surface area (Å²) in [6, 6.07) is 0.556. The number of hydrogen-bond acceptors (Lipinski definition) is 1. The van der Waals surface area contributed by atoms with E-state index in [1.807, 2.05) is 0 Å². The molecule has 3 atom stereocenters. The lowest BCUT2D eigenvalue weighted by Gasteiger charge is -2.43. The highest BCUT2D eigenvalue weighted by Gasteiger charge is 2.32. The fourth-order valence-corrected chi connectivity index (χ4v) is 3.08. The summed E-state index contributed by atoms with van der Waals surface area (Å²) in [7, 11) is 0. The lowest BCUT2D eigenvalue weighted by Crippen LogP contribution is -2.44. The van der Waals surface area contributed by atoms with Crippen molar-refractivity contribution in [2.75, 3.05) is 11.0 Å². The smallest absolute Gasteiger partial charge is 0.0538 e. The van der Waals surface area contributed by atoms with E-state index >= 15 is 0 Å². The van der Waals surface area contributed by atoms with Crippen LogP contribution in [0.3, 0.4) is 0 Å². The van der Waals surface area contributed by atoms with Gasteiger partial charge in [0.15, 0.2) is 0 Å². The van der Waals surface area contributed by atoms with Crippen LogP contribution in [0.1, 0.15) is 13.3 Å². The second kappa shape index (κ2) is 4.73. The highest BCUT2D eigenvalue weighted by Crippen LogP contribution is 2.34. The minimum absolute atomic E-state index is 0.556. The minimum Gasteiger partial charge on any atom is -0.364 e. The molecule has 2 heteroatoms. The molecular formula is C13H18IN. The summed E-state index contributed by atoms with van der Waals surface area (Å²) in [6.07, 6.45) is 10.5. The van der Waals surface area contributed by atoms with Crippen molar-refractivity contribution in [2.45, 2.75) is 19.4 Å². The van der Waals surface area contributed by atoms with Gasteiger partial charge in [-0.15, -0.1) is 0 Å². The van der Waals surface area contributed by atoms with Crippen LogP contribution >= 0.6 is 22.6 Å². The first-order chi connectivity index (χ1) is 7.24. The third kappa shape index (κ3) is 2.14. The van der Waals surface area contributed by atoms with Crippen LogP contribution in [-0.4, -0.2) is 21.9 Å². The highest BCUT2D eigenvalue weighted by molar-refractivity contribution is 14.1. The van der Waals surface area contributed by atoms with Crippen molar-refractivity contribution in [1.29, 1.82) is 0 Å². The standard InChI is InChI=1S/C13H18IN/c1-10-4-3-5-13-12(10)7-6-11(2)15(13)9-8-14/h3,5-7,10,12-13H,2,4,8-9H2,1H3. The summed E-state index contributed by atoms with van der Waals surface area (Å²) in [5, 5.41) is 0. The summed E-state index contributed by atoms with van der Waals surface area (Å²) in [4.78, 5) is 2.45. The average Bonchev–Trinajstić information content (AvgIpc) is 2.23. The summed E-state index contributed by atoms with van der Waals surface area (Å²) in [6.45, 7) is 7.59. The quantitative estimate of drug-likeness (QED) is 0.429. The Morgan fingerprint density at radius 2 is 2.33 bits per heavy atom. The third-order valence-electron chi connectivity index (χ3n) is 3.46. The molecule has 0 spiro atoms. The predicted octanol–water partition coefficient (Wildman–Crippen LogP) is 3.39. The molecule has 3 unspecified atom stereocenters. The molecule has 15 heavy (non-hydrogen) atoms. The largest absolute Gasteiger partial charge is 0.364 e. The van der Waals surface area contributed by atoms with Crippen molar-refractivity contribution in [3.8, 4) is 0 Å². The van der Waals surface area contributed by atoms with Gasteiger partial charge in [0.1, 0.15) is 0 Å². The van der Waals surface area contributed by atoms with Crippen LogP contribution in [0.2, 0.25) is 0 Å². The number of hydrogen-bond donors (Lipinski definition) is 0. The van der Waals surface area contributed by atoms with E-state index in [0.717, 1.165) is 16.9 Å². The van der Waals surface area contributed by atoms with Crippen molar-refractivity contribution in [1.82, 2.24) is 4.90 Å². The van der Waals surface area contributed by atoms with E-state index in [0.29, 0.717) is 12.0 Å². The molecule has 0 fully saturated rings. The summed E-state index contributed by atoms with van der Waals surface area (Å²) in [5.41, 5.74) is 1.17. The van der Waals surface area contributed by atoms with E-state index in [1.165, 1.54) is 12.1 Å². The Bertz CT molecular complexity index is 306. The number of fused-ring (bicyclic) bond motifs is 1. The number of allylic oxidation sites excluding steroid dienone is 2. The molecule has 0 N–H and O–H groups in total. The van der Waals surface area contributed by atoms with Crippen molar-refractivity contribution in [3.05, 3.63) is 36.6 Å². The fourth-order valence-electron chi connectivity index (χ4n) is 2.56. The molecule has 1 heterocycles. The first kappa shape index (κ1) is 11.2. The van der Waals surface area contributed by atoms with Gasteiger partial charge in [0, 0.05) is 22.6 Å². The molecule has 1 aliphatic carbocycles. The molecule has 1 nitrogen and oxygen atoms in total. The van der Waals surface area contributed by atoms with Crippen LogP contribution < -0.4 is 0 Å². The maximum atomic E-state index is 4.13. The van der Waals surface area contributed by atoms with Crippen molar-refractivity contribution in [2.24, 2.45) is 11.8 Å². The number of alkyl halides is 1. The zero-order valence-corrected chi connectivity index (χ0v) is 11.4. The van der Waals surface area contributed by atoms with Gasteiger partial charge in [-0.2, -0.15) is 0 Å². The monoisotopic (exact) mass is 315 g/mol. The molecule has 0 saturated heterocycles. The van der Waals surface area contributed by atoms with Crippen LogP contribution in [0.4, 0.5) is 0 Å². The van der Waals surface area contributed by atoms with E-state index in [-0.39, 0.29) is 0 Å². The molecule has 82 valence electrons. The maximum Gasteiger partial charge on any atom is 0.0538 e. The van der Waals surface area contributed by atoms with Crippen LogP contribution in [0.25, 0.3) is 0 Å². The molecule has 0 aromatic rings. The van der Waals surface area contributed by atoms with Gasteiger partial charge in [-0.3, -0.25) is 0 Å². The molecule has 2 aliphatic rings. The van der Waals surface area contributed by atoms with Gasteiger partial charge in [-0.25, -0.2) is 0 Å². The Balaban J connectivity index is 2.24. The van der Waals surface area contributed by atoms with Gasteiger partial charge >= 0.3 is 0 Å². The van der Waals surface area contributed by atoms with Crippen LogP contribution in [0.5, 0.6) is 0 Å². The summed E-state index contributed by atoms with van der Waals surface area (Å²) >= 11 is 2.44. The number of rotatable bonds is 2. The molecule has 2 rings (SSSR count). The normalized spacial score (nSPS) is 34.4. The molecule has 0 aromatic carbocycles. The van der Waals surface area contributed by atoms with Crippen LogP contribution in [0, 0.1) is 11.8 Å². The first-order valence-electron chi connectivity index (χ1n) is 5.60. The molecular weight excluding hydrogens is 297 g/mol. The molecule has 0 amide bonds. The van der Waals surface area contributed by atoms with Crippen molar-refractivity contribution in [3.63, 3.8) is 0 Å².